The zero-order valence-electron chi connectivity index (χ0n) is 12.9. The van der Waals surface area contributed by atoms with Crippen molar-refractivity contribution in [3.63, 3.8) is 0 Å². The van der Waals surface area contributed by atoms with Gasteiger partial charge >= 0.3 is 0 Å². The molecule has 0 saturated heterocycles. The summed E-state index contributed by atoms with van der Waals surface area (Å²) in [6, 6.07) is 13.8. The van der Waals surface area contributed by atoms with Gasteiger partial charge in [-0.15, -0.1) is 11.8 Å². The van der Waals surface area contributed by atoms with E-state index < -0.39 is 0 Å². The molecule has 0 radical (unpaired) electrons. The van der Waals surface area contributed by atoms with Crippen LogP contribution in [-0.4, -0.2) is 17.7 Å². The zero-order valence-corrected chi connectivity index (χ0v) is 14.5. The highest BCUT2D eigenvalue weighted by Crippen LogP contribution is 2.26. The monoisotopic (exact) mass is 351 g/mol. The first kappa shape index (κ1) is 17.8. The molecule has 2 aromatic carbocycles. The van der Waals surface area contributed by atoms with Gasteiger partial charge in [0.1, 0.15) is 5.82 Å². The van der Waals surface area contributed by atoms with Gasteiger partial charge in [-0.1, -0.05) is 30.7 Å². The summed E-state index contributed by atoms with van der Waals surface area (Å²) in [4.78, 5) is 13.3. The Hall–Kier alpha value is -1.52. The molecule has 23 heavy (non-hydrogen) atoms. The SMILES string of the molecule is CC[C@H](Sc1ccc(Cl)cc1)C(=O)NCCc1ccc(F)cc1. The number of carbonyl (C=O) groups excluding carboxylic acids is 1. The molecule has 0 fully saturated rings. The van der Waals surface area contributed by atoms with Gasteiger partial charge in [0.2, 0.25) is 5.91 Å². The summed E-state index contributed by atoms with van der Waals surface area (Å²) in [6.45, 7) is 2.54. The highest BCUT2D eigenvalue weighted by molar-refractivity contribution is 8.00. The van der Waals surface area contributed by atoms with Crippen molar-refractivity contribution in [2.24, 2.45) is 0 Å². The molecule has 2 rings (SSSR count). The molecule has 0 bridgehead atoms. The average molecular weight is 352 g/mol. The molecule has 0 spiro atoms. The van der Waals surface area contributed by atoms with Crippen molar-refractivity contribution in [2.75, 3.05) is 6.54 Å². The van der Waals surface area contributed by atoms with E-state index in [0.717, 1.165) is 16.9 Å². The van der Waals surface area contributed by atoms with Crippen molar-refractivity contribution in [3.8, 4) is 0 Å². The van der Waals surface area contributed by atoms with Crippen molar-refractivity contribution in [1.29, 1.82) is 0 Å². The minimum Gasteiger partial charge on any atom is -0.355 e. The number of halogens is 2. The molecule has 2 aromatic rings. The highest BCUT2D eigenvalue weighted by Gasteiger charge is 2.17. The van der Waals surface area contributed by atoms with Gasteiger partial charge in [0.05, 0.1) is 5.25 Å². The topological polar surface area (TPSA) is 29.1 Å². The van der Waals surface area contributed by atoms with E-state index >= 15 is 0 Å². The Morgan fingerprint density at radius 1 is 1.17 bits per heavy atom. The summed E-state index contributed by atoms with van der Waals surface area (Å²) in [6.07, 6.45) is 1.43. The summed E-state index contributed by atoms with van der Waals surface area (Å²) in [5.41, 5.74) is 1.00. The van der Waals surface area contributed by atoms with Crippen LogP contribution < -0.4 is 5.32 Å². The minimum atomic E-state index is -0.247. The molecule has 1 N–H and O–H groups in total. The van der Waals surface area contributed by atoms with Crippen LogP contribution in [0.4, 0.5) is 4.39 Å². The predicted octanol–water partition coefficient (Wildman–Crippen LogP) is 4.71. The van der Waals surface area contributed by atoms with E-state index in [4.69, 9.17) is 11.6 Å². The van der Waals surface area contributed by atoms with Gasteiger partial charge in [-0.2, -0.15) is 0 Å². The summed E-state index contributed by atoms with van der Waals surface area (Å²) < 4.78 is 12.8. The highest BCUT2D eigenvalue weighted by atomic mass is 35.5. The largest absolute Gasteiger partial charge is 0.355 e. The van der Waals surface area contributed by atoms with Crippen LogP contribution in [0.1, 0.15) is 18.9 Å². The van der Waals surface area contributed by atoms with Crippen LogP contribution in [0.3, 0.4) is 0 Å². The van der Waals surface area contributed by atoms with Crippen molar-refractivity contribution in [1.82, 2.24) is 5.32 Å². The smallest absolute Gasteiger partial charge is 0.233 e. The Balaban J connectivity index is 1.82. The summed E-state index contributed by atoms with van der Waals surface area (Å²) >= 11 is 7.40. The van der Waals surface area contributed by atoms with Crippen LogP contribution in [-0.2, 0) is 11.2 Å². The van der Waals surface area contributed by atoms with Crippen LogP contribution in [0, 0.1) is 5.82 Å². The van der Waals surface area contributed by atoms with Gasteiger partial charge in [-0.3, -0.25) is 4.79 Å². The maximum absolute atomic E-state index is 12.8. The number of amides is 1. The fourth-order valence-corrected chi connectivity index (χ4v) is 3.20. The van der Waals surface area contributed by atoms with Crippen molar-refractivity contribution in [3.05, 3.63) is 64.9 Å². The third-order valence-corrected chi connectivity index (χ3v) is 5.01. The van der Waals surface area contributed by atoms with Crippen molar-refractivity contribution < 1.29 is 9.18 Å². The second-order valence-corrected chi connectivity index (χ2v) is 6.85. The van der Waals surface area contributed by atoms with E-state index in [9.17, 15) is 9.18 Å². The zero-order chi connectivity index (χ0) is 16.7. The molecule has 0 aromatic heterocycles. The molecule has 1 atom stereocenters. The molecule has 0 aliphatic heterocycles. The van der Waals surface area contributed by atoms with Crippen LogP contribution in [0.25, 0.3) is 0 Å². The number of carbonyl (C=O) groups is 1. The molecule has 0 aliphatic carbocycles. The standard InChI is InChI=1S/C18H19ClFNOS/c1-2-17(23-16-9-5-14(19)6-10-16)18(22)21-12-11-13-3-7-15(20)8-4-13/h3-10,17H,2,11-12H2,1H3,(H,21,22)/t17-/m0/s1. The van der Waals surface area contributed by atoms with Gasteiger partial charge in [0.25, 0.3) is 0 Å². The third-order valence-electron chi connectivity index (χ3n) is 3.38. The van der Waals surface area contributed by atoms with E-state index in [1.165, 1.54) is 23.9 Å². The summed E-state index contributed by atoms with van der Waals surface area (Å²) in [5.74, 6) is -0.224. The van der Waals surface area contributed by atoms with E-state index in [2.05, 4.69) is 5.32 Å². The first-order chi connectivity index (χ1) is 11.1. The normalized spacial score (nSPS) is 12.0. The van der Waals surface area contributed by atoms with Crippen LogP contribution in [0.5, 0.6) is 0 Å². The lowest BCUT2D eigenvalue weighted by Crippen LogP contribution is -2.33. The third kappa shape index (κ3) is 5.88. The second kappa shape index (κ2) is 8.94. The predicted molar refractivity (Wildman–Crippen MR) is 94.5 cm³/mol. The number of rotatable bonds is 7. The lowest BCUT2D eigenvalue weighted by molar-refractivity contribution is -0.120. The quantitative estimate of drug-likeness (QED) is 0.732. The molecule has 0 heterocycles. The Morgan fingerprint density at radius 2 is 1.83 bits per heavy atom. The molecule has 1 amide bonds. The Bertz CT molecular complexity index is 630. The van der Waals surface area contributed by atoms with Crippen molar-refractivity contribution >= 4 is 29.3 Å². The Morgan fingerprint density at radius 3 is 2.43 bits per heavy atom. The summed E-state index contributed by atoms with van der Waals surface area (Å²) in [7, 11) is 0. The van der Waals surface area contributed by atoms with E-state index in [1.807, 2.05) is 31.2 Å². The number of benzene rings is 2. The van der Waals surface area contributed by atoms with Crippen LogP contribution >= 0.6 is 23.4 Å². The molecule has 0 unspecified atom stereocenters. The lowest BCUT2D eigenvalue weighted by Gasteiger charge is -2.15. The first-order valence-corrected chi connectivity index (χ1v) is 8.78. The fraction of sp³-hybridized carbons (Fsp3) is 0.278. The number of nitrogens with one attached hydrogen (secondary N) is 1. The van der Waals surface area contributed by atoms with Gasteiger partial charge in [0, 0.05) is 16.5 Å². The minimum absolute atomic E-state index is 0.0227. The van der Waals surface area contributed by atoms with E-state index in [-0.39, 0.29) is 17.0 Å². The fourth-order valence-electron chi connectivity index (χ4n) is 2.09. The Labute approximate surface area is 145 Å². The molecule has 0 saturated carbocycles. The van der Waals surface area contributed by atoms with E-state index in [1.54, 1.807) is 12.1 Å². The first-order valence-electron chi connectivity index (χ1n) is 7.53. The Kier molecular flexibility index (Phi) is 6.93. The molecular weight excluding hydrogens is 333 g/mol. The molecule has 2 nitrogen and oxygen atoms in total. The van der Waals surface area contributed by atoms with Crippen molar-refractivity contribution in [2.45, 2.75) is 29.9 Å². The molecule has 5 heteroatoms. The average Bonchev–Trinajstić information content (AvgIpc) is 2.56. The van der Waals surface area contributed by atoms with Gasteiger partial charge in [0.15, 0.2) is 0 Å². The van der Waals surface area contributed by atoms with Gasteiger partial charge in [-0.25, -0.2) is 4.39 Å². The maximum atomic E-state index is 12.8. The second-order valence-electron chi connectivity index (χ2n) is 5.14. The number of hydrogen-bond donors (Lipinski definition) is 1. The van der Waals surface area contributed by atoms with Crippen LogP contribution in [0.15, 0.2) is 53.4 Å². The summed E-state index contributed by atoms with van der Waals surface area (Å²) in [5, 5.41) is 3.50. The molecule has 122 valence electrons. The molecular formula is C18H19ClFNOS. The van der Waals surface area contributed by atoms with Gasteiger partial charge < -0.3 is 5.32 Å². The van der Waals surface area contributed by atoms with E-state index in [0.29, 0.717) is 18.0 Å². The maximum Gasteiger partial charge on any atom is 0.233 e. The number of thioether (sulfide) groups is 1. The number of hydrogen-bond acceptors (Lipinski definition) is 2. The van der Waals surface area contributed by atoms with Gasteiger partial charge in [-0.05, 0) is 54.8 Å². The lowest BCUT2D eigenvalue weighted by atomic mass is 10.1. The van der Waals surface area contributed by atoms with Crippen LogP contribution in [0.2, 0.25) is 5.02 Å². The molecule has 0 aliphatic rings.